The number of rotatable bonds is 6. The first-order valence-corrected chi connectivity index (χ1v) is 11.1. The van der Waals surface area contributed by atoms with E-state index < -0.39 is 5.97 Å². The van der Waals surface area contributed by atoms with Gasteiger partial charge in [-0.2, -0.15) is 0 Å². The predicted molar refractivity (Wildman–Crippen MR) is 134 cm³/mol. The lowest BCUT2D eigenvalue weighted by Crippen LogP contribution is -2.33. The fourth-order valence-electron chi connectivity index (χ4n) is 4.16. The van der Waals surface area contributed by atoms with Crippen molar-refractivity contribution < 1.29 is 14.7 Å². The van der Waals surface area contributed by atoms with Gasteiger partial charge >= 0.3 is 5.97 Å². The maximum absolute atomic E-state index is 13.3. The van der Waals surface area contributed by atoms with E-state index in [-0.39, 0.29) is 29.9 Å². The number of halogens is 2. The zero-order valence-corrected chi connectivity index (χ0v) is 19.8. The van der Waals surface area contributed by atoms with Crippen LogP contribution in [0.1, 0.15) is 56.8 Å². The summed E-state index contributed by atoms with van der Waals surface area (Å²) >= 11 is 6.03. The normalized spacial score (nSPS) is 13.5. The lowest BCUT2D eigenvalue weighted by Gasteiger charge is -2.33. The highest BCUT2D eigenvalue weighted by Gasteiger charge is 2.24. The van der Waals surface area contributed by atoms with Crippen LogP contribution < -0.4 is 10.2 Å². The zero-order valence-electron chi connectivity index (χ0n) is 18.3. The zero-order chi connectivity index (χ0) is 22.7. The number of amides is 1. The summed E-state index contributed by atoms with van der Waals surface area (Å²) in [4.78, 5) is 26.6. The minimum Gasteiger partial charge on any atom is -0.478 e. The molecule has 172 valence electrons. The van der Waals surface area contributed by atoms with Gasteiger partial charge in [-0.05, 0) is 66.8 Å². The lowest BCUT2D eigenvalue weighted by molar-refractivity contribution is 0.0696. The average molecular weight is 485 g/mol. The summed E-state index contributed by atoms with van der Waals surface area (Å²) in [7, 11) is 0. The summed E-state index contributed by atoms with van der Waals surface area (Å²) in [6.45, 7) is 3.49. The Morgan fingerprint density at radius 2 is 1.76 bits per heavy atom. The number of hydrogen-bond acceptors (Lipinski definition) is 3. The summed E-state index contributed by atoms with van der Waals surface area (Å²) in [5.41, 5.74) is 5.04. The van der Waals surface area contributed by atoms with Gasteiger partial charge in [0.1, 0.15) is 0 Å². The summed E-state index contributed by atoms with van der Waals surface area (Å²) in [5.74, 6) is -1.11. The van der Waals surface area contributed by atoms with Gasteiger partial charge in [-0.3, -0.25) is 4.79 Å². The molecule has 3 aromatic rings. The van der Waals surface area contributed by atoms with Gasteiger partial charge < -0.3 is 15.3 Å². The Hall–Kier alpha value is -3.02. The van der Waals surface area contributed by atoms with Crippen molar-refractivity contribution in [1.29, 1.82) is 0 Å². The van der Waals surface area contributed by atoms with E-state index in [9.17, 15) is 9.59 Å². The van der Waals surface area contributed by atoms with Crippen molar-refractivity contribution in [1.82, 2.24) is 5.32 Å². The van der Waals surface area contributed by atoms with Gasteiger partial charge in [-0.25, -0.2) is 4.79 Å². The number of nitrogens with one attached hydrogen (secondary N) is 1. The Bertz CT molecular complexity index is 1130. The number of benzene rings is 3. The fourth-order valence-corrected chi connectivity index (χ4v) is 4.29. The molecule has 0 aromatic heterocycles. The molecule has 0 spiro atoms. The van der Waals surface area contributed by atoms with Gasteiger partial charge in [0.25, 0.3) is 5.91 Å². The van der Waals surface area contributed by atoms with E-state index in [1.165, 1.54) is 5.56 Å². The molecule has 0 bridgehead atoms. The SMILES string of the molecule is C[C@H](NC(=O)c1cccc2c1N(Cc1ccc(Cl)cc1)CCC2)c1ccc(C(=O)O)cc1.Cl. The third-order valence-electron chi connectivity index (χ3n) is 5.85. The molecule has 1 atom stereocenters. The van der Waals surface area contributed by atoms with Crippen molar-refractivity contribution in [3.8, 4) is 0 Å². The van der Waals surface area contributed by atoms with Gasteiger partial charge in [0.15, 0.2) is 0 Å². The number of para-hydroxylation sites is 1. The minimum absolute atomic E-state index is 0. The van der Waals surface area contributed by atoms with Crippen LogP contribution in [0.25, 0.3) is 0 Å². The highest BCUT2D eigenvalue weighted by Crippen LogP contribution is 2.33. The van der Waals surface area contributed by atoms with Crippen LogP contribution in [0.3, 0.4) is 0 Å². The maximum Gasteiger partial charge on any atom is 0.335 e. The Morgan fingerprint density at radius 1 is 1.06 bits per heavy atom. The second kappa shape index (κ2) is 10.7. The van der Waals surface area contributed by atoms with Crippen molar-refractivity contribution in [3.05, 3.63) is 99.6 Å². The van der Waals surface area contributed by atoms with Crippen LogP contribution in [-0.4, -0.2) is 23.5 Å². The summed E-state index contributed by atoms with van der Waals surface area (Å²) < 4.78 is 0. The molecular formula is C26H26Cl2N2O3. The molecule has 0 fully saturated rings. The number of anilines is 1. The molecule has 5 nitrogen and oxygen atoms in total. The monoisotopic (exact) mass is 484 g/mol. The topological polar surface area (TPSA) is 69.6 Å². The first-order chi connectivity index (χ1) is 15.4. The minimum atomic E-state index is -0.968. The number of fused-ring (bicyclic) bond motifs is 1. The average Bonchev–Trinajstić information content (AvgIpc) is 2.80. The highest BCUT2D eigenvalue weighted by atomic mass is 35.5. The van der Waals surface area contributed by atoms with Crippen molar-refractivity contribution >= 4 is 41.6 Å². The number of nitrogens with zero attached hydrogens (tertiary/aromatic N) is 1. The van der Waals surface area contributed by atoms with Crippen LogP contribution in [-0.2, 0) is 13.0 Å². The standard InChI is InChI=1S/C26H25ClN2O3.ClH/c1-17(19-9-11-21(12-10-19)26(31)32)28-25(30)23-6-2-4-20-5-3-15-29(24(20)23)16-18-7-13-22(27)14-8-18;/h2,4,6-14,17H,3,5,15-16H2,1H3,(H,28,30)(H,31,32);1H/t17-;/m0./s1. The Kier molecular flexibility index (Phi) is 8.01. The summed E-state index contributed by atoms with van der Waals surface area (Å²) in [6, 6.07) is 20.0. The molecule has 1 amide bonds. The van der Waals surface area contributed by atoms with Gasteiger partial charge in [0, 0.05) is 18.1 Å². The first-order valence-electron chi connectivity index (χ1n) is 10.7. The van der Waals surface area contributed by atoms with Crippen LogP contribution >= 0.6 is 24.0 Å². The molecule has 0 aliphatic carbocycles. The highest BCUT2D eigenvalue weighted by molar-refractivity contribution is 6.30. The van der Waals surface area contributed by atoms with Crippen LogP contribution in [0.15, 0.2) is 66.7 Å². The molecule has 0 unspecified atom stereocenters. The van der Waals surface area contributed by atoms with E-state index >= 15 is 0 Å². The van der Waals surface area contributed by atoms with Crippen molar-refractivity contribution in [2.45, 2.75) is 32.4 Å². The molecule has 33 heavy (non-hydrogen) atoms. The lowest BCUT2D eigenvalue weighted by atomic mass is 9.96. The Morgan fingerprint density at radius 3 is 2.42 bits per heavy atom. The molecule has 4 rings (SSSR count). The van der Waals surface area contributed by atoms with E-state index in [1.807, 2.05) is 43.3 Å². The Labute approximate surface area is 204 Å². The van der Waals surface area contributed by atoms with E-state index in [0.717, 1.165) is 36.2 Å². The van der Waals surface area contributed by atoms with Crippen molar-refractivity contribution in [3.63, 3.8) is 0 Å². The first kappa shape index (κ1) is 24.6. The van der Waals surface area contributed by atoms with Crippen molar-refractivity contribution in [2.75, 3.05) is 11.4 Å². The summed E-state index contributed by atoms with van der Waals surface area (Å²) in [6.07, 6.45) is 1.98. The molecule has 0 radical (unpaired) electrons. The van der Waals surface area contributed by atoms with E-state index in [4.69, 9.17) is 16.7 Å². The molecule has 1 aliphatic rings. The Balaban J connectivity index is 0.00000306. The molecule has 0 saturated carbocycles. The van der Waals surface area contributed by atoms with Crippen LogP contribution in [0.4, 0.5) is 5.69 Å². The van der Waals surface area contributed by atoms with E-state index in [1.54, 1.807) is 24.3 Å². The maximum atomic E-state index is 13.3. The quantitative estimate of drug-likeness (QED) is 0.456. The fraction of sp³-hybridized carbons (Fsp3) is 0.231. The molecule has 3 aromatic carbocycles. The molecular weight excluding hydrogens is 459 g/mol. The van der Waals surface area contributed by atoms with Crippen LogP contribution in [0, 0.1) is 0 Å². The molecule has 1 aliphatic heterocycles. The molecule has 0 saturated heterocycles. The van der Waals surface area contributed by atoms with Gasteiger partial charge in [0.05, 0.1) is 22.9 Å². The third-order valence-corrected chi connectivity index (χ3v) is 6.10. The van der Waals surface area contributed by atoms with E-state index in [2.05, 4.69) is 16.3 Å². The second-order valence-corrected chi connectivity index (χ2v) is 8.52. The number of carboxylic acid groups (broad SMARTS) is 1. The molecule has 7 heteroatoms. The van der Waals surface area contributed by atoms with E-state index in [0.29, 0.717) is 17.1 Å². The number of hydrogen-bond donors (Lipinski definition) is 2. The van der Waals surface area contributed by atoms with Crippen LogP contribution in [0.2, 0.25) is 5.02 Å². The van der Waals surface area contributed by atoms with Gasteiger partial charge in [0.2, 0.25) is 0 Å². The number of carbonyl (C=O) groups is 2. The molecule has 1 heterocycles. The number of aromatic carboxylic acids is 1. The van der Waals surface area contributed by atoms with Crippen LogP contribution in [0.5, 0.6) is 0 Å². The largest absolute Gasteiger partial charge is 0.478 e. The number of aryl methyl sites for hydroxylation is 1. The van der Waals surface area contributed by atoms with Gasteiger partial charge in [-0.15, -0.1) is 12.4 Å². The molecule has 2 N–H and O–H groups in total. The smallest absolute Gasteiger partial charge is 0.335 e. The third kappa shape index (κ3) is 5.67. The second-order valence-electron chi connectivity index (χ2n) is 8.09. The predicted octanol–water partition coefficient (Wildman–Crippen LogP) is 5.90. The number of carbonyl (C=O) groups excluding carboxylic acids is 1. The van der Waals surface area contributed by atoms with Crippen molar-refractivity contribution in [2.24, 2.45) is 0 Å². The van der Waals surface area contributed by atoms with Gasteiger partial charge in [-0.1, -0.05) is 48.0 Å². The number of carboxylic acids is 1. The summed E-state index contributed by atoms with van der Waals surface area (Å²) in [5, 5.41) is 12.9.